The van der Waals surface area contributed by atoms with Crippen LogP contribution in [0.4, 0.5) is 0 Å². The number of thioether (sulfide) groups is 1. The summed E-state index contributed by atoms with van der Waals surface area (Å²) < 4.78 is 2.07. The molecule has 0 radical (unpaired) electrons. The van der Waals surface area contributed by atoms with Gasteiger partial charge in [0, 0.05) is 39.7 Å². The predicted octanol–water partition coefficient (Wildman–Crippen LogP) is 7.60. The van der Waals surface area contributed by atoms with Crippen molar-refractivity contribution in [1.82, 2.24) is 9.99 Å². The van der Waals surface area contributed by atoms with Crippen LogP contribution in [0.1, 0.15) is 38.4 Å². The third-order valence-electron chi connectivity index (χ3n) is 5.60. The lowest BCUT2D eigenvalue weighted by molar-refractivity contribution is 0.0955. The molecule has 4 aromatic rings. The first-order chi connectivity index (χ1) is 16.9. The third kappa shape index (κ3) is 6.37. The first-order valence-electron chi connectivity index (χ1n) is 11.1. The number of amides is 1. The molecule has 0 aliphatic carbocycles. The maximum atomic E-state index is 12.5. The number of benzene rings is 3. The van der Waals surface area contributed by atoms with Gasteiger partial charge in [0.15, 0.2) is 0 Å². The summed E-state index contributed by atoms with van der Waals surface area (Å²) in [4.78, 5) is 12.5. The average molecular weight is 523 g/mol. The van der Waals surface area contributed by atoms with E-state index in [0.717, 1.165) is 34.1 Å². The van der Waals surface area contributed by atoms with Crippen LogP contribution in [0.15, 0.2) is 84.0 Å². The van der Waals surface area contributed by atoms with Crippen molar-refractivity contribution in [3.63, 3.8) is 0 Å². The standard InChI is InChI=1S/C28H25Cl2N3OS/c1-19-14-24(20(2)33(19)25-12-13-26(29)27(30)15-25)16-31-32-28(34)23-10-8-22(9-11-23)18-35-17-21-6-4-3-5-7-21/h3-16H,17-18H2,1-2H3,(H,32,34)/b31-16-. The molecule has 3 aromatic carbocycles. The molecule has 4 nitrogen and oxygen atoms in total. The molecule has 0 spiro atoms. The number of hydrazone groups is 1. The van der Waals surface area contributed by atoms with Crippen LogP contribution >= 0.6 is 35.0 Å². The minimum atomic E-state index is -0.247. The molecule has 1 N–H and O–H groups in total. The highest BCUT2D eigenvalue weighted by molar-refractivity contribution is 7.97. The number of halogens is 2. The van der Waals surface area contributed by atoms with E-state index in [9.17, 15) is 4.79 Å². The molecule has 0 aliphatic heterocycles. The van der Waals surface area contributed by atoms with Gasteiger partial charge in [0.05, 0.1) is 16.3 Å². The zero-order valence-corrected chi connectivity index (χ0v) is 21.8. The van der Waals surface area contributed by atoms with Gasteiger partial charge >= 0.3 is 0 Å². The molecule has 0 atom stereocenters. The Hall–Kier alpha value is -2.99. The quantitative estimate of drug-likeness (QED) is 0.191. The molecule has 0 saturated heterocycles. The summed E-state index contributed by atoms with van der Waals surface area (Å²) in [5.74, 6) is 1.61. The van der Waals surface area contributed by atoms with Gasteiger partial charge in [-0.1, -0.05) is 65.7 Å². The minimum Gasteiger partial charge on any atom is -0.318 e. The Morgan fingerprint density at radius 1 is 0.914 bits per heavy atom. The van der Waals surface area contributed by atoms with Crippen LogP contribution in [-0.2, 0) is 11.5 Å². The third-order valence-corrected chi connectivity index (χ3v) is 7.41. The molecule has 0 saturated carbocycles. The van der Waals surface area contributed by atoms with Crippen LogP contribution in [0, 0.1) is 13.8 Å². The number of hydrogen-bond donors (Lipinski definition) is 1. The van der Waals surface area contributed by atoms with Crippen LogP contribution in [-0.4, -0.2) is 16.7 Å². The largest absolute Gasteiger partial charge is 0.318 e. The van der Waals surface area contributed by atoms with E-state index in [-0.39, 0.29) is 5.91 Å². The van der Waals surface area contributed by atoms with Crippen molar-refractivity contribution < 1.29 is 4.79 Å². The van der Waals surface area contributed by atoms with Crippen molar-refractivity contribution in [2.45, 2.75) is 25.4 Å². The zero-order chi connectivity index (χ0) is 24.8. The summed E-state index contributed by atoms with van der Waals surface area (Å²) in [6.45, 7) is 4.00. The highest BCUT2D eigenvalue weighted by Gasteiger charge is 2.11. The Bertz CT molecular complexity index is 1350. The average Bonchev–Trinajstić information content (AvgIpc) is 3.14. The number of nitrogens with one attached hydrogen (secondary N) is 1. The summed E-state index contributed by atoms with van der Waals surface area (Å²) in [7, 11) is 0. The fourth-order valence-electron chi connectivity index (χ4n) is 3.78. The summed E-state index contributed by atoms with van der Waals surface area (Å²) >= 11 is 14.1. The van der Waals surface area contributed by atoms with Crippen LogP contribution < -0.4 is 5.43 Å². The molecule has 1 aromatic heterocycles. The van der Waals surface area contributed by atoms with Gasteiger partial charge in [-0.05, 0) is 61.4 Å². The smallest absolute Gasteiger partial charge is 0.271 e. The Balaban J connectivity index is 1.34. The summed E-state index contributed by atoms with van der Waals surface area (Å²) in [6, 6.07) is 25.6. The number of aromatic nitrogens is 1. The lowest BCUT2D eigenvalue weighted by Gasteiger charge is -2.10. The number of nitrogens with zero attached hydrogens (tertiary/aromatic N) is 2. The van der Waals surface area contributed by atoms with E-state index in [4.69, 9.17) is 23.2 Å². The number of rotatable bonds is 8. The molecule has 0 unspecified atom stereocenters. The minimum absolute atomic E-state index is 0.247. The van der Waals surface area contributed by atoms with E-state index in [2.05, 4.69) is 39.4 Å². The van der Waals surface area contributed by atoms with Gasteiger partial charge in [0.2, 0.25) is 0 Å². The number of aryl methyl sites for hydroxylation is 1. The number of hydrogen-bond acceptors (Lipinski definition) is 3. The van der Waals surface area contributed by atoms with Gasteiger partial charge in [0.1, 0.15) is 0 Å². The molecule has 7 heteroatoms. The molecule has 1 amide bonds. The first-order valence-corrected chi connectivity index (χ1v) is 13.0. The molecule has 0 aliphatic rings. The zero-order valence-electron chi connectivity index (χ0n) is 19.5. The van der Waals surface area contributed by atoms with Gasteiger partial charge < -0.3 is 4.57 Å². The van der Waals surface area contributed by atoms with Crippen molar-refractivity contribution in [2.24, 2.45) is 5.10 Å². The fourth-order valence-corrected chi connectivity index (χ4v) is 5.03. The topological polar surface area (TPSA) is 46.4 Å². The van der Waals surface area contributed by atoms with E-state index in [1.54, 1.807) is 12.3 Å². The van der Waals surface area contributed by atoms with E-state index < -0.39 is 0 Å². The Kier molecular flexibility index (Phi) is 8.34. The molecule has 1 heterocycles. The number of carbonyl (C=O) groups excluding carboxylic acids is 1. The van der Waals surface area contributed by atoms with Crippen LogP contribution in [0.25, 0.3) is 5.69 Å². The van der Waals surface area contributed by atoms with Crippen molar-refractivity contribution in [3.05, 3.63) is 123 Å². The van der Waals surface area contributed by atoms with Gasteiger partial charge in [0.25, 0.3) is 5.91 Å². The maximum Gasteiger partial charge on any atom is 0.271 e. The van der Waals surface area contributed by atoms with E-state index >= 15 is 0 Å². The SMILES string of the molecule is Cc1cc(/C=N\NC(=O)c2ccc(CSCc3ccccc3)cc2)c(C)n1-c1ccc(Cl)c(Cl)c1. The molecule has 0 bridgehead atoms. The molecular formula is C28H25Cl2N3OS. The highest BCUT2D eigenvalue weighted by Crippen LogP contribution is 2.27. The Labute approximate surface area is 220 Å². The second-order valence-corrected chi connectivity index (χ2v) is 9.93. The molecule has 178 valence electrons. The summed E-state index contributed by atoms with van der Waals surface area (Å²) in [5, 5.41) is 5.19. The van der Waals surface area contributed by atoms with E-state index in [1.165, 1.54) is 11.1 Å². The normalized spacial score (nSPS) is 11.2. The lowest BCUT2D eigenvalue weighted by atomic mass is 10.1. The molecule has 35 heavy (non-hydrogen) atoms. The van der Waals surface area contributed by atoms with Crippen molar-refractivity contribution >= 4 is 47.1 Å². The Morgan fingerprint density at radius 3 is 2.29 bits per heavy atom. The van der Waals surface area contributed by atoms with Crippen LogP contribution in [0.3, 0.4) is 0 Å². The maximum absolute atomic E-state index is 12.5. The van der Waals surface area contributed by atoms with E-state index in [0.29, 0.717) is 15.6 Å². The van der Waals surface area contributed by atoms with E-state index in [1.807, 2.05) is 74.1 Å². The van der Waals surface area contributed by atoms with Gasteiger partial charge in [-0.15, -0.1) is 0 Å². The Morgan fingerprint density at radius 2 is 1.60 bits per heavy atom. The van der Waals surface area contributed by atoms with Crippen molar-refractivity contribution in [2.75, 3.05) is 0 Å². The predicted molar refractivity (Wildman–Crippen MR) is 148 cm³/mol. The molecular weight excluding hydrogens is 497 g/mol. The van der Waals surface area contributed by atoms with Crippen LogP contribution in [0.2, 0.25) is 10.0 Å². The lowest BCUT2D eigenvalue weighted by Crippen LogP contribution is -2.17. The van der Waals surface area contributed by atoms with Crippen molar-refractivity contribution in [3.8, 4) is 5.69 Å². The van der Waals surface area contributed by atoms with Gasteiger partial charge in [-0.3, -0.25) is 4.79 Å². The molecule has 0 fully saturated rings. The fraction of sp³-hybridized carbons (Fsp3) is 0.143. The second-order valence-electron chi connectivity index (χ2n) is 8.13. The monoisotopic (exact) mass is 521 g/mol. The van der Waals surface area contributed by atoms with Gasteiger partial charge in [-0.25, -0.2) is 5.43 Å². The highest BCUT2D eigenvalue weighted by atomic mass is 35.5. The first kappa shape index (κ1) is 25.1. The van der Waals surface area contributed by atoms with Crippen LogP contribution in [0.5, 0.6) is 0 Å². The van der Waals surface area contributed by atoms with Gasteiger partial charge in [-0.2, -0.15) is 16.9 Å². The molecule has 4 rings (SSSR count). The second kappa shape index (κ2) is 11.6. The number of carbonyl (C=O) groups is 1. The summed E-state index contributed by atoms with van der Waals surface area (Å²) in [6.07, 6.45) is 1.66. The van der Waals surface area contributed by atoms with Crippen molar-refractivity contribution in [1.29, 1.82) is 0 Å². The summed E-state index contributed by atoms with van der Waals surface area (Å²) in [5.41, 5.74) is 9.51.